The number of thiophene rings is 3. The number of hydrogen-bond acceptors (Lipinski definition) is 9. The van der Waals surface area contributed by atoms with E-state index in [2.05, 4.69) is 48.8 Å². The fourth-order valence-electron chi connectivity index (χ4n) is 14.4. The first-order valence-corrected chi connectivity index (χ1v) is 37.1. The smallest absolute Gasteiger partial charge is 0.206 e. The number of fused-ring (bicyclic) bond motifs is 9. The molecule has 12 aromatic carbocycles. The molecular weight excluding hydrogens is 2160 g/mol. The molecule has 118 heavy (non-hydrogen) atoms. The van der Waals surface area contributed by atoms with Crippen LogP contribution in [0.2, 0.25) is 0 Å². The number of alkyl halides is 18. The standard InChI is InChI=1S/C30H17F6N2S.2C29H15F6N2S.3Ir/c1-15-11-22(29(31,32)33)26(30(34,35)36)25(16(15)2)28-21-13-18-8-4-3-7-17(18)12-20(21)27(37-38-28)24-14-19-9-5-6-10-23(19)39-24;1-15-10-19(28(30,31)32)14-22(29(33,34)35)25(15)27-21-12-17-7-3-2-6-16(17)11-20(21)26(36-37-27)24-13-18-8-4-5-9-23(18)38-24;1-15-10-11-21(28(30,31)32)25(29(33,34)35)24(15)27-20-13-17-7-3-2-6-16(17)12-19(20)26(36-37-27)23-14-18-8-4-5-9-22(18)38-23;;;/h3-13H,1-2H3;2-12,14H,1H3;2-13H,1H3;;;/q3*-1;;;. The summed E-state index contributed by atoms with van der Waals surface area (Å²) in [5.41, 5.74) is -11.0. The van der Waals surface area contributed by atoms with Crippen molar-refractivity contribution in [2.45, 2.75) is 64.8 Å². The quantitative estimate of drug-likeness (QED) is 0.0938. The van der Waals surface area contributed by atoms with E-state index in [4.69, 9.17) is 0 Å². The number of aryl methyl sites for hydroxylation is 3. The summed E-state index contributed by atoms with van der Waals surface area (Å²) < 4.78 is 255. The van der Waals surface area contributed by atoms with Gasteiger partial charge in [0.1, 0.15) is 0 Å². The number of rotatable bonds is 6. The van der Waals surface area contributed by atoms with Crippen LogP contribution >= 0.6 is 34.0 Å². The van der Waals surface area contributed by atoms with E-state index in [-0.39, 0.29) is 116 Å². The van der Waals surface area contributed by atoms with Gasteiger partial charge in [-0.1, -0.05) is 133 Å². The average molecular weight is 2200 g/mol. The van der Waals surface area contributed by atoms with Gasteiger partial charge < -0.3 is 0 Å². The van der Waals surface area contributed by atoms with E-state index < -0.39 is 87.1 Å². The van der Waals surface area contributed by atoms with Crippen LogP contribution in [0.3, 0.4) is 0 Å². The van der Waals surface area contributed by atoms with Crippen molar-refractivity contribution in [3.63, 3.8) is 0 Å². The zero-order chi connectivity index (χ0) is 81.3. The summed E-state index contributed by atoms with van der Waals surface area (Å²) in [5, 5.41) is 35.1. The summed E-state index contributed by atoms with van der Waals surface area (Å²) in [6.07, 6.45) is -31.0. The predicted molar refractivity (Wildman–Crippen MR) is 415 cm³/mol. The van der Waals surface area contributed by atoms with E-state index in [1.165, 1.54) is 61.7 Å². The number of nitrogens with zero attached hydrogens (tertiary/aromatic N) is 6. The molecule has 6 aromatic heterocycles. The van der Waals surface area contributed by atoms with Crippen molar-refractivity contribution in [3.05, 3.63) is 286 Å². The van der Waals surface area contributed by atoms with Crippen molar-refractivity contribution in [2.24, 2.45) is 0 Å². The second-order valence-electron chi connectivity index (χ2n) is 27.1. The largest absolute Gasteiger partial charge is 0.417 e. The molecule has 6 heterocycles. The zero-order valence-corrected chi connectivity index (χ0v) is 70.1. The van der Waals surface area contributed by atoms with Gasteiger partial charge in [-0.15, -0.1) is 70.8 Å². The maximum absolute atomic E-state index is 14.4. The van der Waals surface area contributed by atoms with E-state index in [9.17, 15) is 79.0 Å². The minimum absolute atomic E-state index is 0. The Kier molecular flexibility index (Phi) is 23.5. The molecule has 0 aliphatic carbocycles. The van der Waals surface area contributed by atoms with Crippen molar-refractivity contribution in [2.75, 3.05) is 0 Å². The molecule has 30 heteroatoms. The fraction of sp³-hybridized carbons (Fsp3) is 0.114. The predicted octanol–water partition coefficient (Wildman–Crippen LogP) is 28.7. The Bertz CT molecular complexity index is 6890. The first kappa shape index (κ1) is 85.9. The second kappa shape index (κ2) is 32.3. The van der Waals surface area contributed by atoms with Gasteiger partial charge in [0.05, 0.1) is 50.5 Å². The maximum atomic E-state index is 14.4. The molecule has 0 aliphatic rings. The van der Waals surface area contributed by atoms with Crippen LogP contribution in [0, 0.1) is 45.9 Å². The van der Waals surface area contributed by atoms with Gasteiger partial charge in [-0.3, -0.25) is 0 Å². The Morgan fingerprint density at radius 2 is 0.551 bits per heavy atom. The summed E-state index contributed by atoms with van der Waals surface area (Å²) in [5.74, 6) is 0. The monoisotopic (exact) mass is 2200 g/mol. The van der Waals surface area contributed by atoms with Crippen LogP contribution in [0.4, 0.5) is 79.0 Å². The Labute approximate surface area is 709 Å². The third kappa shape index (κ3) is 16.3. The van der Waals surface area contributed by atoms with Gasteiger partial charge in [0.25, 0.3) is 0 Å². The summed E-state index contributed by atoms with van der Waals surface area (Å²) in [4.78, 5) is 1.91. The summed E-state index contributed by atoms with van der Waals surface area (Å²) >= 11 is 4.23. The molecular formula is C88H47F18Ir3N6S3-3. The van der Waals surface area contributed by atoms with Crippen molar-refractivity contribution in [3.8, 4) is 65.5 Å². The van der Waals surface area contributed by atoms with Gasteiger partial charge in [-0.2, -0.15) is 110 Å². The number of aromatic nitrogens is 6. The second-order valence-corrected chi connectivity index (χ2v) is 30.2. The Morgan fingerprint density at radius 1 is 0.254 bits per heavy atom. The Hall–Kier alpha value is -9.99. The van der Waals surface area contributed by atoms with Crippen molar-refractivity contribution in [1.29, 1.82) is 0 Å². The first-order chi connectivity index (χ1) is 54.5. The zero-order valence-electron chi connectivity index (χ0n) is 60.4. The molecule has 0 aliphatic heterocycles. The van der Waals surface area contributed by atoms with E-state index in [1.54, 1.807) is 60.7 Å². The average Bonchev–Trinajstić information content (AvgIpc) is 0.830. The number of benzene rings is 12. The molecule has 0 fully saturated rings. The fourth-order valence-corrected chi connectivity index (χ4v) is 17.4. The molecule has 18 aromatic rings. The molecule has 0 bridgehead atoms. The molecule has 0 amide bonds. The van der Waals surface area contributed by atoms with Gasteiger partial charge in [-0.05, 0) is 170 Å². The summed E-state index contributed by atoms with van der Waals surface area (Å²) in [6, 6.07) is 67.7. The van der Waals surface area contributed by atoms with Crippen LogP contribution in [0.15, 0.2) is 212 Å². The number of halogens is 18. The van der Waals surface area contributed by atoms with Crippen LogP contribution in [0.1, 0.15) is 55.6 Å². The third-order valence-corrected chi connectivity index (χ3v) is 23.0. The minimum Gasteiger partial charge on any atom is -0.206 e. The molecule has 0 spiro atoms. The molecule has 0 N–H and O–H groups in total. The van der Waals surface area contributed by atoms with Gasteiger partial charge in [0, 0.05) is 110 Å². The Balaban J connectivity index is 0.000000152. The molecule has 0 unspecified atom stereocenters. The summed E-state index contributed by atoms with van der Waals surface area (Å²) in [6.45, 7) is 5.30. The van der Waals surface area contributed by atoms with Crippen LogP contribution in [0.5, 0.6) is 0 Å². The van der Waals surface area contributed by atoms with E-state index in [0.717, 1.165) is 57.9 Å². The van der Waals surface area contributed by atoms with Crippen LogP contribution in [-0.2, 0) is 97.4 Å². The first-order valence-electron chi connectivity index (χ1n) is 34.6. The number of hydrogen-bond donors (Lipinski definition) is 0. The van der Waals surface area contributed by atoms with Gasteiger partial charge in [0.2, 0.25) is 0 Å². The van der Waals surface area contributed by atoms with Crippen molar-refractivity contribution in [1.82, 2.24) is 30.6 Å². The van der Waals surface area contributed by atoms with E-state index >= 15 is 0 Å². The van der Waals surface area contributed by atoms with E-state index in [0.29, 0.717) is 82.2 Å². The van der Waals surface area contributed by atoms with Crippen LogP contribution in [-0.4, -0.2) is 30.6 Å². The molecule has 603 valence electrons. The maximum Gasteiger partial charge on any atom is 0.417 e. The van der Waals surface area contributed by atoms with Gasteiger partial charge in [0.15, 0.2) is 0 Å². The molecule has 0 atom stereocenters. The van der Waals surface area contributed by atoms with Gasteiger partial charge in [-0.25, -0.2) is 34.0 Å². The van der Waals surface area contributed by atoms with Gasteiger partial charge >= 0.3 is 37.1 Å². The molecule has 18 rings (SSSR count). The molecule has 0 saturated carbocycles. The SMILES string of the molecule is Cc1cc(C(F)(F)F)c(C(F)(F)F)c(-c2nnc(-c3[c-]c4ccccc4s3)c3cc4ccccc4cc23)c1C.Cc1cc(C(F)(F)F)cc(C(F)(F)F)c1-c1nnc(-c2[c-]c3ccccc3s2)c2cc3ccccc3cc12.Cc1ccc(C(F)(F)F)c(C(F)(F)F)c1-c1nnc(-c2[c-]c3ccccc3s2)c2cc3ccccc3cc12.[Ir].[Ir].[Ir]. The minimum atomic E-state index is -5.29. The molecule has 6 nitrogen and oxygen atoms in total. The topological polar surface area (TPSA) is 77.3 Å². The van der Waals surface area contributed by atoms with Crippen LogP contribution in [0.25, 0.3) is 160 Å². The third-order valence-electron chi connectivity index (χ3n) is 19.7. The normalized spacial score (nSPS) is 12.3. The van der Waals surface area contributed by atoms with Crippen molar-refractivity contribution < 1.29 is 139 Å². The van der Waals surface area contributed by atoms with Crippen molar-refractivity contribution >= 4 is 129 Å². The van der Waals surface area contributed by atoms with E-state index in [1.807, 2.05) is 121 Å². The van der Waals surface area contributed by atoms with Crippen LogP contribution < -0.4 is 0 Å². The Morgan fingerprint density at radius 3 is 0.873 bits per heavy atom. The summed E-state index contributed by atoms with van der Waals surface area (Å²) in [7, 11) is 0. The molecule has 0 saturated heterocycles. The molecule has 3 radical (unpaired) electrons.